The molecule has 1 saturated heterocycles. The lowest BCUT2D eigenvalue weighted by Crippen LogP contribution is -2.40. The van der Waals surface area contributed by atoms with Crippen molar-refractivity contribution in [2.24, 2.45) is 0 Å². The molecule has 1 unspecified atom stereocenters. The highest BCUT2D eigenvalue weighted by Crippen LogP contribution is 2.29. The average Bonchev–Trinajstić information content (AvgIpc) is 3.06. The van der Waals surface area contributed by atoms with Gasteiger partial charge >= 0.3 is 6.03 Å². The van der Waals surface area contributed by atoms with Crippen LogP contribution >= 0.6 is 0 Å². The highest BCUT2D eigenvalue weighted by Gasteiger charge is 2.47. The molecule has 1 aromatic carbocycles. The summed E-state index contributed by atoms with van der Waals surface area (Å²) in [4.78, 5) is 35.2. The average molecular weight is 282 g/mol. The number of fused-ring (bicyclic) bond motifs is 2. The van der Waals surface area contributed by atoms with Gasteiger partial charge in [0.05, 0.1) is 30.8 Å². The molecular weight excluding hydrogens is 268 g/mol. The fraction of sp³-hybridized carbons (Fsp3) is 0.267. The molecule has 2 aliphatic rings. The Morgan fingerprint density at radius 3 is 2.86 bits per heavy atom. The van der Waals surface area contributed by atoms with Gasteiger partial charge in [0.1, 0.15) is 6.04 Å². The minimum Gasteiger partial charge on any atom is -0.347 e. The zero-order valence-corrected chi connectivity index (χ0v) is 11.3. The van der Waals surface area contributed by atoms with E-state index in [-0.39, 0.29) is 11.9 Å². The zero-order chi connectivity index (χ0) is 14.4. The summed E-state index contributed by atoms with van der Waals surface area (Å²) in [6.45, 7) is 0.753. The summed E-state index contributed by atoms with van der Waals surface area (Å²) in [5, 5.41) is 0. The smallest absolute Gasteiger partial charge is 0.328 e. The molecule has 6 nitrogen and oxygen atoms in total. The topological polar surface area (TPSA) is 69.3 Å². The minimum absolute atomic E-state index is 0.127. The number of rotatable bonds is 2. The van der Waals surface area contributed by atoms with Crippen LogP contribution < -0.4 is 0 Å². The summed E-state index contributed by atoms with van der Waals surface area (Å²) < 4.78 is 0. The molecule has 3 amide bonds. The van der Waals surface area contributed by atoms with Crippen LogP contribution in [0.1, 0.15) is 17.0 Å². The molecule has 0 bridgehead atoms. The molecule has 0 spiro atoms. The fourth-order valence-electron chi connectivity index (χ4n) is 3.00. The maximum atomic E-state index is 12.5. The molecule has 106 valence electrons. The second kappa shape index (κ2) is 4.44. The summed E-state index contributed by atoms with van der Waals surface area (Å²) in [6.07, 6.45) is 2.11. The Kier molecular flexibility index (Phi) is 2.57. The molecule has 1 N–H and O–H groups in total. The number of H-pyrrole nitrogens is 1. The van der Waals surface area contributed by atoms with Gasteiger partial charge in [-0.25, -0.2) is 9.78 Å². The van der Waals surface area contributed by atoms with Gasteiger partial charge in [0.2, 0.25) is 0 Å². The predicted octanol–water partition coefficient (Wildman–Crippen LogP) is 1.30. The van der Waals surface area contributed by atoms with Crippen molar-refractivity contribution in [3.63, 3.8) is 0 Å². The molecule has 0 saturated carbocycles. The molecular formula is C15H14N4O2. The minimum atomic E-state index is -0.406. The Balaban J connectivity index is 1.61. The van der Waals surface area contributed by atoms with Crippen molar-refractivity contribution in [1.82, 2.24) is 19.8 Å². The van der Waals surface area contributed by atoms with Gasteiger partial charge in [-0.05, 0) is 5.56 Å². The number of amides is 3. The highest BCUT2D eigenvalue weighted by molar-refractivity contribution is 6.04. The molecule has 1 aromatic heterocycles. The number of imidazole rings is 1. The van der Waals surface area contributed by atoms with Crippen LogP contribution in [0, 0.1) is 0 Å². The van der Waals surface area contributed by atoms with Gasteiger partial charge in [0.25, 0.3) is 5.91 Å². The van der Waals surface area contributed by atoms with E-state index in [0.717, 1.165) is 17.0 Å². The van der Waals surface area contributed by atoms with Gasteiger partial charge in [-0.3, -0.25) is 9.69 Å². The van der Waals surface area contributed by atoms with Gasteiger partial charge in [-0.2, -0.15) is 0 Å². The summed E-state index contributed by atoms with van der Waals surface area (Å²) in [6, 6.07) is 8.94. The van der Waals surface area contributed by atoms with Crippen LogP contribution in [0.4, 0.5) is 4.79 Å². The Bertz CT molecular complexity index is 671. The maximum Gasteiger partial charge on any atom is 0.328 e. The van der Waals surface area contributed by atoms with Crippen molar-refractivity contribution in [2.45, 2.75) is 25.6 Å². The Morgan fingerprint density at radius 1 is 1.24 bits per heavy atom. The van der Waals surface area contributed by atoms with E-state index in [2.05, 4.69) is 9.97 Å². The number of imide groups is 1. The first-order valence-electron chi connectivity index (χ1n) is 6.91. The Morgan fingerprint density at radius 2 is 2.05 bits per heavy atom. The standard InChI is InChI=1S/C15H14N4O2/c20-14-13-6-11-12(17-9-16-11)8-18(13)15(21)19(14)7-10-4-2-1-3-5-10/h1-5,9,13H,6-8H2,(H,16,17). The number of carbonyl (C=O) groups is 2. The van der Waals surface area contributed by atoms with E-state index in [9.17, 15) is 9.59 Å². The largest absolute Gasteiger partial charge is 0.347 e. The van der Waals surface area contributed by atoms with Gasteiger partial charge in [0.15, 0.2) is 0 Å². The van der Waals surface area contributed by atoms with Gasteiger partial charge in [-0.1, -0.05) is 30.3 Å². The van der Waals surface area contributed by atoms with Crippen LogP contribution in [-0.2, 0) is 24.3 Å². The van der Waals surface area contributed by atoms with E-state index < -0.39 is 6.04 Å². The second-order valence-corrected chi connectivity index (χ2v) is 5.37. The quantitative estimate of drug-likeness (QED) is 0.844. The molecule has 2 aromatic rings. The van der Waals surface area contributed by atoms with Crippen molar-refractivity contribution in [1.29, 1.82) is 0 Å². The van der Waals surface area contributed by atoms with Crippen molar-refractivity contribution in [3.8, 4) is 0 Å². The predicted molar refractivity (Wildman–Crippen MR) is 74.0 cm³/mol. The third-order valence-corrected chi connectivity index (χ3v) is 4.11. The number of nitrogens with one attached hydrogen (secondary N) is 1. The van der Waals surface area contributed by atoms with E-state index in [1.165, 1.54) is 4.90 Å². The zero-order valence-electron chi connectivity index (χ0n) is 11.3. The Hall–Kier alpha value is -2.63. The normalized spacial score (nSPS) is 20.7. The second-order valence-electron chi connectivity index (χ2n) is 5.37. The van der Waals surface area contributed by atoms with E-state index in [0.29, 0.717) is 19.5 Å². The van der Waals surface area contributed by atoms with Crippen LogP contribution in [0.25, 0.3) is 0 Å². The SMILES string of the molecule is O=C1C2Cc3nc[nH]c3CN2C(=O)N1Cc1ccccc1. The third kappa shape index (κ3) is 1.83. The van der Waals surface area contributed by atoms with Gasteiger partial charge in [-0.15, -0.1) is 0 Å². The van der Waals surface area contributed by atoms with Crippen molar-refractivity contribution in [3.05, 3.63) is 53.6 Å². The van der Waals surface area contributed by atoms with Gasteiger partial charge < -0.3 is 9.88 Å². The van der Waals surface area contributed by atoms with Crippen molar-refractivity contribution >= 4 is 11.9 Å². The molecule has 1 atom stereocenters. The molecule has 0 radical (unpaired) electrons. The van der Waals surface area contributed by atoms with Crippen LogP contribution in [-0.4, -0.2) is 37.7 Å². The van der Waals surface area contributed by atoms with Gasteiger partial charge in [0, 0.05) is 6.42 Å². The number of urea groups is 1. The molecule has 6 heteroatoms. The number of aromatic nitrogens is 2. The summed E-state index contributed by atoms with van der Waals surface area (Å²) in [7, 11) is 0. The molecule has 3 heterocycles. The molecule has 0 aliphatic carbocycles. The van der Waals surface area contributed by atoms with Crippen LogP contribution in [0.5, 0.6) is 0 Å². The van der Waals surface area contributed by atoms with E-state index in [4.69, 9.17) is 0 Å². The first kappa shape index (κ1) is 12.1. The maximum absolute atomic E-state index is 12.5. The summed E-state index contributed by atoms with van der Waals surface area (Å²) in [5.74, 6) is -0.127. The monoisotopic (exact) mass is 282 g/mol. The lowest BCUT2D eigenvalue weighted by molar-refractivity contribution is -0.128. The lowest BCUT2D eigenvalue weighted by atomic mass is 10.0. The number of nitrogens with zero attached hydrogens (tertiary/aromatic N) is 3. The summed E-state index contributed by atoms with van der Waals surface area (Å²) in [5.41, 5.74) is 2.77. The first-order chi connectivity index (χ1) is 10.2. The highest BCUT2D eigenvalue weighted by atomic mass is 16.2. The number of benzene rings is 1. The first-order valence-corrected chi connectivity index (χ1v) is 6.91. The van der Waals surface area contributed by atoms with Crippen molar-refractivity contribution < 1.29 is 9.59 Å². The third-order valence-electron chi connectivity index (χ3n) is 4.11. The fourth-order valence-corrected chi connectivity index (χ4v) is 3.00. The summed E-state index contributed by atoms with van der Waals surface area (Å²) >= 11 is 0. The van der Waals surface area contributed by atoms with E-state index in [1.807, 2.05) is 30.3 Å². The number of hydrogen-bond donors (Lipinski definition) is 1. The Labute approximate surface area is 121 Å². The van der Waals surface area contributed by atoms with E-state index >= 15 is 0 Å². The molecule has 21 heavy (non-hydrogen) atoms. The van der Waals surface area contributed by atoms with E-state index in [1.54, 1.807) is 11.2 Å². The van der Waals surface area contributed by atoms with Crippen LogP contribution in [0.2, 0.25) is 0 Å². The number of hydrogen-bond acceptors (Lipinski definition) is 3. The van der Waals surface area contributed by atoms with Crippen LogP contribution in [0.3, 0.4) is 0 Å². The lowest BCUT2D eigenvalue weighted by Gasteiger charge is -2.25. The molecule has 2 aliphatic heterocycles. The van der Waals surface area contributed by atoms with Crippen molar-refractivity contribution in [2.75, 3.05) is 0 Å². The molecule has 4 rings (SSSR count). The number of aromatic amines is 1. The molecule has 1 fully saturated rings. The number of carbonyl (C=O) groups excluding carboxylic acids is 2. The van der Waals surface area contributed by atoms with Crippen LogP contribution in [0.15, 0.2) is 36.7 Å².